The van der Waals surface area contributed by atoms with E-state index in [2.05, 4.69) is 37.3 Å². The highest BCUT2D eigenvalue weighted by atomic mass is 19.1. The molecule has 1 spiro atoms. The number of pyridine rings is 1. The topological polar surface area (TPSA) is 106 Å². The van der Waals surface area contributed by atoms with E-state index in [9.17, 15) is 9.18 Å². The minimum Gasteiger partial charge on any atom is -0.490 e. The van der Waals surface area contributed by atoms with Gasteiger partial charge in [-0.25, -0.2) is 9.37 Å². The van der Waals surface area contributed by atoms with Crippen LogP contribution in [0.3, 0.4) is 0 Å². The number of hydrogen-bond donors (Lipinski definition) is 1. The van der Waals surface area contributed by atoms with E-state index in [1.807, 2.05) is 33.0 Å². The van der Waals surface area contributed by atoms with Crippen molar-refractivity contribution in [1.29, 1.82) is 0 Å². The van der Waals surface area contributed by atoms with Crippen molar-refractivity contribution in [3.05, 3.63) is 59.4 Å². The first-order valence-corrected chi connectivity index (χ1v) is 14.3. The van der Waals surface area contributed by atoms with Gasteiger partial charge in [0.15, 0.2) is 5.82 Å². The van der Waals surface area contributed by atoms with E-state index in [0.717, 1.165) is 50.5 Å². The number of ether oxygens (including phenoxy) is 2. The maximum atomic E-state index is 14.2. The lowest BCUT2D eigenvalue weighted by Gasteiger charge is -2.58. The van der Waals surface area contributed by atoms with E-state index in [1.54, 1.807) is 4.90 Å². The normalized spacial score (nSPS) is 19.4. The van der Waals surface area contributed by atoms with Crippen molar-refractivity contribution in [3.8, 4) is 17.4 Å². The Morgan fingerprint density at radius 3 is 2.78 bits per heavy atom. The summed E-state index contributed by atoms with van der Waals surface area (Å²) in [7, 11) is 0. The molecule has 1 N–H and O–H groups in total. The van der Waals surface area contributed by atoms with Crippen molar-refractivity contribution in [2.24, 2.45) is 5.41 Å². The van der Waals surface area contributed by atoms with Crippen LogP contribution in [0.1, 0.15) is 68.1 Å². The molecule has 2 aromatic heterocycles. The van der Waals surface area contributed by atoms with E-state index in [0.29, 0.717) is 18.3 Å². The summed E-state index contributed by atoms with van der Waals surface area (Å²) in [5.41, 5.74) is 2.59. The zero-order valence-corrected chi connectivity index (χ0v) is 23.9. The number of carbonyl (C=O) groups excluding carboxylic acids is 1. The van der Waals surface area contributed by atoms with Crippen LogP contribution in [0.2, 0.25) is 0 Å². The molecular weight excluding hydrogens is 525 g/mol. The summed E-state index contributed by atoms with van der Waals surface area (Å²) in [6, 6.07) is 5.85. The van der Waals surface area contributed by atoms with Gasteiger partial charge in [0.25, 0.3) is 11.8 Å². The fourth-order valence-electron chi connectivity index (χ4n) is 6.36. The maximum Gasteiger partial charge on any atom is 0.282 e. The summed E-state index contributed by atoms with van der Waals surface area (Å²) >= 11 is 0. The highest BCUT2D eigenvalue weighted by Gasteiger charge is 2.54. The predicted octanol–water partition coefficient (Wildman–Crippen LogP) is 4.32. The van der Waals surface area contributed by atoms with E-state index >= 15 is 0 Å². The predicted molar refractivity (Wildman–Crippen MR) is 151 cm³/mol. The number of amides is 1. The minimum atomic E-state index is -0.512. The lowest BCUT2D eigenvalue weighted by Crippen LogP contribution is -2.65. The first-order valence-electron chi connectivity index (χ1n) is 14.3. The highest BCUT2D eigenvalue weighted by molar-refractivity contribution is 5.97. The Kier molecular flexibility index (Phi) is 7.23. The Morgan fingerprint density at radius 1 is 1.22 bits per heavy atom. The van der Waals surface area contributed by atoms with Gasteiger partial charge in [0.2, 0.25) is 0 Å². The van der Waals surface area contributed by atoms with Crippen molar-refractivity contribution in [1.82, 2.24) is 30.4 Å². The van der Waals surface area contributed by atoms with Crippen LogP contribution in [0.4, 0.5) is 10.2 Å². The Bertz CT molecular complexity index is 1440. The number of fused-ring (bicyclic) bond motifs is 1. The molecule has 10 nitrogen and oxygen atoms in total. The second kappa shape index (κ2) is 10.8. The zero-order valence-electron chi connectivity index (χ0n) is 23.9. The molecule has 3 aromatic rings. The third kappa shape index (κ3) is 5.18. The summed E-state index contributed by atoms with van der Waals surface area (Å²) in [6.45, 7) is 11.7. The van der Waals surface area contributed by atoms with Gasteiger partial charge in [0.05, 0.1) is 11.3 Å². The molecule has 11 heteroatoms. The summed E-state index contributed by atoms with van der Waals surface area (Å²) in [6.07, 6.45) is 5.31. The average Bonchev–Trinajstić information content (AvgIpc) is 2.91. The SMILES string of the molecule is CCN(C(=O)c1cc(F)ccc1Oc1nncnc1N1CC2(CC(Oc3ccnc4c3CNCC4C)C2)C1)C(C)C. The number of nitrogens with zero attached hydrogens (tertiary/aromatic N) is 6. The molecule has 2 aliphatic heterocycles. The Morgan fingerprint density at radius 2 is 2.02 bits per heavy atom. The lowest BCUT2D eigenvalue weighted by atomic mass is 9.61. The van der Waals surface area contributed by atoms with Gasteiger partial charge in [-0.05, 0) is 57.9 Å². The van der Waals surface area contributed by atoms with Crippen LogP contribution >= 0.6 is 0 Å². The third-order valence-electron chi connectivity index (χ3n) is 8.41. The number of nitrogens with one attached hydrogen (secondary N) is 1. The molecule has 4 heterocycles. The number of anilines is 1. The van der Waals surface area contributed by atoms with Crippen LogP contribution in [0.25, 0.3) is 0 Å². The molecule has 1 atom stereocenters. The molecule has 0 radical (unpaired) electrons. The second-order valence-electron chi connectivity index (χ2n) is 11.7. The molecule has 1 saturated heterocycles. The Balaban J connectivity index is 1.13. The lowest BCUT2D eigenvalue weighted by molar-refractivity contribution is -0.0350. The smallest absolute Gasteiger partial charge is 0.282 e. The van der Waals surface area contributed by atoms with Crippen LogP contribution in [0.15, 0.2) is 36.8 Å². The van der Waals surface area contributed by atoms with Gasteiger partial charge in [0.1, 0.15) is 29.7 Å². The first-order chi connectivity index (χ1) is 19.8. The van der Waals surface area contributed by atoms with Gasteiger partial charge < -0.3 is 24.6 Å². The van der Waals surface area contributed by atoms with Crippen molar-refractivity contribution >= 4 is 11.7 Å². The zero-order chi connectivity index (χ0) is 28.7. The summed E-state index contributed by atoms with van der Waals surface area (Å²) in [4.78, 5) is 26.1. The number of hydrogen-bond acceptors (Lipinski definition) is 9. The fourth-order valence-corrected chi connectivity index (χ4v) is 6.36. The first kappa shape index (κ1) is 27.3. The van der Waals surface area contributed by atoms with Crippen LogP contribution in [0, 0.1) is 11.2 Å². The Hall–Kier alpha value is -3.86. The molecule has 1 unspecified atom stereocenters. The van der Waals surface area contributed by atoms with Crippen LogP contribution < -0.4 is 19.7 Å². The Labute approximate surface area is 239 Å². The molecule has 1 saturated carbocycles. The molecule has 1 amide bonds. The van der Waals surface area contributed by atoms with Gasteiger partial charge in [0, 0.05) is 61.9 Å². The molecule has 3 aliphatic rings. The largest absolute Gasteiger partial charge is 0.490 e. The number of rotatable bonds is 8. The summed E-state index contributed by atoms with van der Waals surface area (Å²) in [5, 5.41) is 11.5. The van der Waals surface area contributed by atoms with E-state index in [1.165, 1.54) is 30.1 Å². The van der Waals surface area contributed by atoms with E-state index in [4.69, 9.17) is 9.47 Å². The van der Waals surface area contributed by atoms with Gasteiger partial charge in [-0.1, -0.05) is 6.92 Å². The molecule has 2 fully saturated rings. The number of carbonyl (C=O) groups is 1. The molecular formula is C30H36FN7O3. The van der Waals surface area contributed by atoms with E-state index in [-0.39, 0.29) is 40.7 Å². The minimum absolute atomic E-state index is 0.0471. The molecule has 1 aliphatic carbocycles. The van der Waals surface area contributed by atoms with Gasteiger partial charge >= 0.3 is 0 Å². The van der Waals surface area contributed by atoms with E-state index < -0.39 is 5.82 Å². The monoisotopic (exact) mass is 561 g/mol. The molecule has 6 rings (SSSR count). The molecule has 0 bridgehead atoms. The van der Waals surface area contributed by atoms with Crippen molar-refractivity contribution in [3.63, 3.8) is 0 Å². The molecule has 41 heavy (non-hydrogen) atoms. The molecule has 216 valence electrons. The van der Waals surface area contributed by atoms with Gasteiger partial charge in [-0.3, -0.25) is 9.78 Å². The number of benzene rings is 1. The summed E-state index contributed by atoms with van der Waals surface area (Å²) < 4.78 is 26.7. The fraction of sp³-hybridized carbons (Fsp3) is 0.500. The van der Waals surface area contributed by atoms with Gasteiger partial charge in [-0.15, -0.1) is 10.2 Å². The van der Waals surface area contributed by atoms with Crippen LogP contribution in [-0.2, 0) is 6.54 Å². The third-order valence-corrected chi connectivity index (χ3v) is 8.41. The van der Waals surface area contributed by atoms with Crippen LogP contribution in [0.5, 0.6) is 17.4 Å². The van der Waals surface area contributed by atoms with Gasteiger partial charge in [-0.2, -0.15) is 0 Å². The molecule has 1 aromatic carbocycles. The quantitative estimate of drug-likeness (QED) is 0.430. The maximum absolute atomic E-state index is 14.2. The summed E-state index contributed by atoms with van der Waals surface area (Å²) in [5.74, 6) is 1.45. The van der Waals surface area contributed by atoms with Crippen molar-refractivity contribution < 1.29 is 18.7 Å². The number of halogens is 1. The van der Waals surface area contributed by atoms with Crippen LogP contribution in [-0.4, -0.2) is 69.3 Å². The standard InChI is InChI=1S/C30H36FN7O3/c1-5-38(18(2)3)29(39)22-10-20(31)6-7-24(22)41-28-27(34-17-35-36-28)37-15-30(16-37)11-21(12-30)40-25-8-9-33-26-19(4)13-32-14-23(25)26/h6-10,17-19,21,32H,5,11-16H2,1-4H3. The number of aromatic nitrogens is 4. The average molecular weight is 562 g/mol. The second-order valence-corrected chi connectivity index (χ2v) is 11.7. The van der Waals surface area contributed by atoms with Crippen molar-refractivity contribution in [2.45, 2.75) is 65.1 Å². The highest BCUT2D eigenvalue weighted by Crippen LogP contribution is 2.52. The van der Waals surface area contributed by atoms with Crippen molar-refractivity contribution in [2.75, 3.05) is 31.1 Å².